The van der Waals surface area contributed by atoms with Crippen molar-refractivity contribution in [2.24, 2.45) is 0 Å². The molecule has 0 saturated carbocycles. The van der Waals surface area contributed by atoms with E-state index < -0.39 is 8.07 Å². The molecule has 20 heavy (non-hydrogen) atoms. The van der Waals surface area contributed by atoms with Crippen LogP contribution in [0.15, 0.2) is 18.2 Å². The van der Waals surface area contributed by atoms with Gasteiger partial charge in [-0.2, -0.15) is 0 Å². The summed E-state index contributed by atoms with van der Waals surface area (Å²) in [6.45, 7) is 20.1. The average Bonchev–Trinajstić information content (AvgIpc) is 2.44. The molecule has 0 aliphatic heterocycles. The first-order valence-corrected chi connectivity index (χ1v) is 8.69. The summed E-state index contributed by atoms with van der Waals surface area (Å²) < 4.78 is 22.5. The Bertz CT molecular complexity index is 436. The summed E-state index contributed by atoms with van der Waals surface area (Å²) in [6, 6.07) is 5.47. The van der Waals surface area contributed by atoms with Crippen molar-refractivity contribution in [2.75, 3.05) is 0 Å². The van der Waals surface area contributed by atoms with Crippen molar-refractivity contribution in [3.05, 3.63) is 48.7 Å². The van der Waals surface area contributed by atoms with Crippen molar-refractivity contribution < 1.29 is 36.1 Å². The van der Waals surface area contributed by atoms with Crippen LogP contribution >= 0.6 is 11.6 Å². The van der Waals surface area contributed by atoms with Crippen LogP contribution in [0, 0.1) is 20.0 Å². The predicted octanol–water partition coefficient (Wildman–Crippen LogP) is 2.58. The maximum atomic E-state index is 10.8. The van der Waals surface area contributed by atoms with Gasteiger partial charge in [-0.3, -0.25) is 4.79 Å². The summed E-state index contributed by atoms with van der Waals surface area (Å²) in [6.07, 6.45) is 0.907. The molecule has 0 spiro atoms. The van der Waals surface area contributed by atoms with E-state index in [4.69, 9.17) is 25.6 Å². The number of carbonyl (C=O) groups is 1. The predicted molar refractivity (Wildman–Crippen MR) is 71.6 cm³/mol. The molecule has 0 bridgehead atoms. The van der Waals surface area contributed by atoms with E-state index in [1.807, 2.05) is 6.07 Å². The first kappa shape index (κ1) is 27.5. The fraction of sp³-hybridized carbons (Fsp3) is 0.231. The van der Waals surface area contributed by atoms with Crippen LogP contribution in [0.3, 0.4) is 0 Å². The molecular weight excluding hydrogens is 336 g/mol. The van der Waals surface area contributed by atoms with E-state index >= 15 is 0 Å². The second-order valence-corrected chi connectivity index (χ2v) is 9.57. The van der Waals surface area contributed by atoms with Gasteiger partial charge < -0.3 is 0 Å². The van der Waals surface area contributed by atoms with Gasteiger partial charge in [0.25, 0.3) is 0 Å². The summed E-state index contributed by atoms with van der Waals surface area (Å²) in [4.78, 5) is 10.8. The van der Waals surface area contributed by atoms with Crippen LogP contribution in [0.1, 0.15) is 10.4 Å². The fourth-order valence-electron chi connectivity index (χ4n) is 1.28. The zero-order valence-electron chi connectivity index (χ0n) is 11.2. The molecule has 0 N–H and O–H groups in total. The Labute approximate surface area is 135 Å². The third-order valence-corrected chi connectivity index (χ3v) is 4.23. The molecule has 0 aliphatic rings. The van der Waals surface area contributed by atoms with E-state index in [2.05, 4.69) is 39.6 Å². The van der Waals surface area contributed by atoms with Gasteiger partial charge in [-0.1, -0.05) is 37.3 Å². The van der Waals surface area contributed by atoms with Crippen molar-refractivity contribution in [3.8, 4) is 0 Å². The molecule has 0 atom stereocenters. The van der Waals surface area contributed by atoms with Crippen LogP contribution in [-0.2, 0) is 31.3 Å². The Morgan fingerprint density at radius 3 is 1.75 bits per heavy atom. The van der Waals surface area contributed by atoms with Crippen LogP contribution in [-0.4, -0.2) is 14.4 Å². The average molecular weight is 349 g/mol. The van der Waals surface area contributed by atoms with E-state index in [1.54, 1.807) is 12.1 Å². The normalized spacial score (nSPS) is 7.70. The summed E-state index contributed by atoms with van der Waals surface area (Å²) in [5, 5.41) is 1.85. The third kappa shape index (κ3) is 11.0. The molecule has 0 fully saturated rings. The van der Waals surface area contributed by atoms with Gasteiger partial charge in [-0.15, -0.1) is 0 Å². The van der Waals surface area contributed by atoms with Crippen molar-refractivity contribution >= 4 is 31.1 Å². The van der Waals surface area contributed by atoms with Crippen molar-refractivity contribution in [1.29, 1.82) is 0 Å². The molecule has 0 heterocycles. The number of rotatable bonds is 2. The standard InChI is InChI=1S/C10H13ClOSi.3CO.Cr/c1-13(2,3)10-6-9(11)5-4-8(10)7-12;3*1-2;/h4-7H,1-3H3;;;;. The molecular formula is C13H13ClCrO4Si. The second kappa shape index (κ2) is 16.2. The van der Waals surface area contributed by atoms with Crippen LogP contribution in [0.5, 0.6) is 0 Å². The summed E-state index contributed by atoms with van der Waals surface area (Å²) in [5.41, 5.74) is 0.781. The number of hydrogen-bond donors (Lipinski definition) is 0. The monoisotopic (exact) mass is 348 g/mol. The van der Waals surface area contributed by atoms with E-state index in [1.165, 1.54) is 0 Å². The summed E-state index contributed by atoms with van der Waals surface area (Å²) in [7, 11) is -1.45. The SMILES string of the molecule is C[Si](C)(C)c1cc(Cl)ccc1C=O.[C-]#[O+].[C-]#[O+].[C-]#[O+].[Cr]. The number of halogens is 1. The summed E-state index contributed by atoms with van der Waals surface area (Å²) in [5.74, 6) is 0. The fourth-order valence-corrected chi connectivity index (χ4v) is 3.14. The molecule has 0 aliphatic carbocycles. The molecule has 106 valence electrons. The van der Waals surface area contributed by atoms with E-state index in [9.17, 15) is 4.79 Å². The van der Waals surface area contributed by atoms with E-state index in [-0.39, 0.29) is 17.4 Å². The molecule has 0 radical (unpaired) electrons. The van der Waals surface area contributed by atoms with Gasteiger partial charge in [0.2, 0.25) is 0 Å². The Balaban J connectivity index is -0.000000162. The molecule has 1 aromatic rings. The number of hydrogen-bond acceptors (Lipinski definition) is 1. The van der Waals surface area contributed by atoms with Crippen LogP contribution < -0.4 is 5.19 Å². The smallest absolute Gasteiger partial charge is 0 e. The Kier molecular flexibility index (Phi) is 22.3. The molecule has 0 aromatic heterocycles. The largest absolute Gasteiger partial charge is 0 e. The Hall–Kier alpha value is -0.851. The summed E-state index contributed by atoms with van der Waals surface area (Å²) >= 11 is 5.89. The third-order valence-electron chi connectivity index (χ3n) is 1.95. The molecule has 0 amide bonds. The van der Waals surface area contributed by atoms with Crippen LogP contribution in [0.2, 0.25) is 24.7 Å². The maximum absolute atomic E-state index is 10.8. The van der Waals surface area contributed by atoms with Crippen molar-refractivity contribution in [3.63, 3.8) is 0 Å². The van der Waals surface area contributed by atoms with Gasteiger partial charge in [-0.25, -0.2) is 0 Å². The van der Waals surface area contributed by atoms with Gasteiger partial charge in [0.05, 0.1) is 8.07 Å². The Morgan fingerprint density at radius 2 is 1.45 bits per heavy atom. The van der Waals surface area contributed by atoms with Crippen molar-refractivity contribution in [2.45, 2.75) is 19.6 Å². The number of benzene rings is 1. The van der Waals surface area contributed by atoms with Gasteiger partial charge in [0.1, 0.15) is 6.29 Å². The minimum Gasteiger partial charge on any atom is 0 e. The van der Waals surface area contributed by atoms with E-state index in [0.29, 0.717) is 5.02 Å². The minimum atomic E-state index is -1.45. The first-order chi connectivity index (χ1) is 8.95. The number of aldehydes is 1. The number of carbonyl (C=O) groups excluding carboxylic acids is 1. The molecule has 7 heteroatoms. The van der Waals surface area contributed by atoms with Crippen LogP contribution in [0.4, 0.5) is 0 Å². The van der Waals surface area contributed by atoms with Crippen molar-refractivity contribution in [1.82, 2.24) is 0 Å². The zero-order valence-corrected chi connectivity index (χ0v) is 14.3. The Morgan fingerprint density at radius 1 is 1.05 bits per heavy atom. The quantitative estimate of drug-likeness (QED) is 0.350. The van der Waals surface area contributed by atoms with Gasteiger partial charge in [0.15, 0.2) is 0 Å². The molecule has 1 aromatic carbocycles. The minimum absolute atomic E-state index is 0. The van der Waals surface area contributed by atoms with Gasteiger partial charge >= 0.3 is 33.9 Å². The molecule has 1 rings (SSSR count). The first-order valence-electron chi connectivity index (χ1n) is 4.81. The second-order valence-electron chi connectivity index (χ2n) is 4.10. The van der Waals surface area contributed by atoms with Gasteiger partial charge in [-0.05, 0) is 17.3 Å². The van der Waals surface area contributed by atoms with Gasteiger partial charge in [0, 0.05) is 27.9 Å². The van der Waals surface area contributed by atoms with E-state index in [0.717, 1.165) is 17.0 Å². The zero-order chi connectivity index (χ0) is 16.1. The molecule has 4 nitrogen and oxygen atoms in total. The van der Waals surface area contributed by atoms with Crippen LogP contribution in [0.25, 0.3) is 0 Å². The molecule has 0 unspecified atom stereocenters. The maximum Gasteiger partial charge on any atom is 0 e. The molecule has 0 saturated heterocycles. The topological polar surface area (TPSA) is 76.8 Å².